The Morgan fingerprint density at radius 3 is 1.84 bits per heavy atom. The molecule has 0 aromatic heterocycles. The van der Waals surface area contributed by atoms with E-state index in [1.165, 1.54) is 6.07 Å². The van der Waals surface area contributed by atoms with Gasteiger partial charge in [0.1, 0.15) is 0 Å². The van der Waals surface area contributed by atoms with Gasteiger partial charge in [-0.2, -0.15) is 13.2 Å². The predicted molar refractivity (Wildman–Crippen MR) is 147 cm³/mol. The number of benzene rings is 3. The van der Waals surface area contributed by atoms with Gasteiger partial charge in [-0.15, -0.1) is 0 Å². The highest BCUT2D eigenvalue weighted by Crippen LogP contribution is 2.45. The van der Waals surface area contributed by atoms with Crippen LogP contribution in [0.5, 0.6) is 17.2 Å². The highest BCUT2D eigenvalue weighted by atomic mass is 19.2. The molecule has 43 heavy (non-hydrogen) atoms. The number of esters is 1. The summed E-state index contributed by atoms with van der Waals surface area (Å²) in [5.41, 5.74) is -0.795. The Morgan fingerprint density at radius 1 is 0.674 bits per heavy atom. The second-order valence-corrected chi connectivity index (χ2v) is 11.4. The molecule has 3 aromatic rings. The van der Waals surface area contributed by atoms with Crippen molar-refractivity contribution in [2.24, 2.45) is 17.8 Å². The van der Waals surface area contributed by atoms with E-state index in [2.05, 4.69) is 0 Å². The third kappa shape index (κ3) is 6.19. The molecule has 10 heteroatoms. The number of phenols is 1. The third-order valence-electron chi connectivity index (χ3n) is 8.97. The topological polar surface area (TPSA) is 55.8 Å². The van der Waals surface area contributed by atoms with Gasteiger partial charge in [0.15, 0.2) is 34.7 Å². The minimum absolute atomic E-state index is 0.0704. The lowest BCUT2D eigenvalue weighted by Gasteiger charge is -2.37. The van der Waals surface area contributed by atoms with E-state index in [1.54, 1.807) is 13.0 Å². The monoisotopic (exact) mass is 606 g/mol. The van der Waals surface area contributed by atoms with Crippen LogP contribution in [-0.2, 0) is 4.79 Å². The molecule has 0 bridgehead atoms. The Kier molecular flexibility index (Phi) is 9.22. The molecule has 0 aliphatic heterocycles. The molecule has 0 amide bonds. The maximum atomic E-state index is 14.8. The number of hydrogen-bond donors (Lipinski definition) is 1. The quantitative estimate of drug-likeness (QED) is 0.166. The summed E-state index contributed by atoms with van der Waals surface area (Å²) >= 11 is 0. The fraction of sp³-hybridized carbons (Fsp3) is 0.424. The first kappa shape index (κ1) is 30.8. The SMILES string of the molecule is CCOc1ccc(C2CCC(C3CCC(C(=O)Oc4ccc(-c5ccc(O)c(F)c5F)c(F)c4F)CC3)CC2)c(F)c1F. The second-order valence-electron chi connectivity index (χ2n) is 11.4. The molecule has 4 nitrogen and oxygen atoms in total. The van der Waals surface area contributed by atoms with Crippen LogP contribution in [0.25, 0.3) is 11.1 Å². The Labute approximate surface area is 245 Å². The maximum Gasteiger partial charge on any atom is 0.314 e. The molecule has 2 aliphatic rings. The summed E-state index contributed by atoms with van der Waals surface area (Å²) in [6.45, 7) is 1.95. The zero-order valence-electron chi connectivity index (χ0n) is 23.6. The van der Waals surface area contributed by atoms with Gasteiger partial charge in [0.25, 0.3) is 0 Å². The van der Waals surface area contributed by atoms with Gasteiger partial charge in [-0.3, -0.25) is 4.79 Å². The largest absolute Gasteiger partial charge is 0.505 e. The zero-order valence-corrected chi connectivity index (χ0v) is 23.6. The Balaban J connectivity index is 1.15. The van der Waals surface area contributed by atoms with E-state index in [0.717, 1.165) is 62.8 Å². The molecule has 0 atom stereocenters. The summed E-state index contributed by atoms with van der Waals surface area (Å²) in [4.78, 5) is 12.8. The van der Waals surface area contributed by atoms with Gasteiger partial charge >= 0.3 is 5.97 Å². The van der Waals surface area contributed by atoms with Gasteiger partial charge in [-0.25, -0.2) is 13.2 Å². The van der Waals surface area contributed by atoms with Crippen LogP contribution in [0.1, 0.15) is 69.8 Å². The van der Waals surface area contributed by atoms with Crippen LogP contribution >= 0.6 is 0 Å². The van der Waals surface area contributed by atoms with E-state index >= 15 is 0 Å². The minimum atomic E-state index is -1.59. The van der Waals surface area contributed by atoms with Gasteiger partial charge < -0.3 is 14.6 Å². The number of aromatic hydroxyl groups is 1. The number of carbonyl (C=O) groups is 1. The van der Waals surface area contributed by atoms with Crippen molar-refractivity contribution in [3.63, 3.8) is 0 Å². The predicted octanol–water partition coefficient (Wildman–Crippen LogP) is 8.98. The van der Waals surface area contributed by atoms with Crippen molar-refractivity contribution in [3.05, 3.63) is 76.9 Å². The number of ether oxygens (including phenoxy) is 2. The molecule has 0 unspecified atom stereocenters. The minimum Gasteiger partial charge on any atom is -0.505 e. The summed E-state index contributed by atoms with van der Waals surface area (Å²) in [5.74, 6) is -10.1. The first-order valence-electron chi connectivity index (χ1n) is 14.6. The molecule has 0 heterocycles. The molecule has 3 aromatic carbocycles. The summed E-state index contributed by atoms with van der Waals surface area (Å²) in [6.07, 6.45) is 5.73. The van der Waals surface area contributed by atoms with E-state index in [0.29, 0.717) is 30.2 Å². The van der Waals surface area contributed by atoms with Crippen LogP contribution in [0.2, 0.25) is 0 Å². The van der Waals surface area contributed by atoms with Crippen LogP contribution in [0, 0.1) is 52.7 Å². The molecule has 0 saturated heterocycles. The molecule has 1 N–H and O–H groups in total. The van der Waals surface area contributed by atoms with Crippen molar-refractivity contribution >= 4 is 5.97 Å². The lowest BCUT2D eigenvalue weighted by Crippen LogP contribution is -2.30. The molecule has 0 radical (unpaired) electrons. The molecule has 0 spiro atoms. The first-order chi connectivity index (χ1) is 20.6. The first-order valence-corrected chi connectivity index (χ1v) is 14.6. The normalized spacial score (nSPS) is 22.3. The van der Waals surface area contributed by atoms with Gasteiger partial charge in [0, 0.05) is 11.1 Å². The number of phenolic OH excluding ortho intramolecular Hbond substituents is 1. The van der Waals surface area contributed by atoms with Gasteiger partial charge in [0.05, 0.1) is 12.5 Å². The Bertz CT molecular complexity index is 1490. The lowest BCUT2D eigenvalue weighted by molar-refractivity contribution is -0.140. The van der Waals surface area contributed by atoms with Crippen molar-refractivity contribution in [1.29, 1.82) is 0 Å². The number of hydrogen-bond acceptors (Lipinski definition) is 4. The highest BCUT2D eigenvalue weighted by molar-refractivity contribution is 5.76. The summed E-state index contributed by atoms with van der Waals surface area (Å²) < 4.78 is 96.9. The van der Waals surface area contributed by atoms with Crippen LogP contribution in [0.15, 0.2) is 36.4 Å². The van der Waals surface area contributed by atoms with Crippen LogP contribution in [0.3, 0.4) is 0 Å². The molecule has 2 fully saturated rings. The van der Waals surface area contributed by atoms with Crippen molar-refractivity contribution in [2.75, 3.05) is 6.61 Å². The van der Waals surface area contributed by atoms with Crippen LogP contribution in [-0.4, -0.2) is 17.7 Å². The fourth-order valence-electron chi connectivity index (χ4n) is 6.61. The van der Waals surface area contributed by atoms with Crippen molar-refractivity contribution in [2.45, 2.75) is 64.2 Å². The molecule has 5 rings (SSSR count). The second kappa shape index (κ2) is 12.9. The summed E-state index contributed by atoms with van der Waals surface area (Å²) in [5, 5.41) is 9.28. The average molecular weight is 607 g/mol. The molecular weight excluding hydrogens is 574 g/mol. The summed E-state index contributed by atoms with van der Waals surface area (Å²) in [7, 11) is 0. The van der Waals surface area contributed by atoms with Crippen LogP contribution < -0.4 is 9.47 Å². The van der Waals surface area contributed by atoms with Crippen molar-refractivity contribution in [3.8, 4) is 28.4 Å². The van der Waals surface area contributed by atoms with E-state index in [9.17, 15) is 36.2 Å². The third-order valence-corrected chi connectivity index (χ3v) is 8.97. The summed E-state index contributed by atoms with van der Waals surface area (Å²) in [6, 6.07) is 6.80. The average Bonchev–Trinajstić information content (AvgIpc) is 3.01. The lowest BCUT2D eigenvalue weighted by atomic mass is 9.68. The Morgan fingerprint density at radius 2 is 1.21 bits per heavy atom. The number of halogens is 6. The van der Waals surface area contributed by atoms with Gasteiger partial charge in [-0.1, -0.05) is 6.07 Å². The molecule has 2 saturated carbocycles. The molecular formula is C33H32F6O4. The van der Waals surface area contributed by atoms with E-state index < -0.39 is 69.4 Å². The van der Waals surface area contributed by atoms with Gasteiger partial charge in [-0.05, 0) is 112 Å². The van der Waals surface area contributed by atoms with Gasteiger partial charge in [0.2, 0.25) is 17.5 Å². The molecule has 2 aliphatic carbocycles. The van der Waals surface area contributed by atoms with Crippen molar-refractivity contribution in [1.82, 2.24) is 0 Å². The van der Waals surface area contributed by atoms with Crippen molar-refractivity contribution < 1.29 is 45.7 Å². The molecule has 230 valence electrons. The van der Waals surface area contributed by atoms with E-state index in [1.807, 2.05) is 0 Å². The highest BCUT2D eigenvalue weighted by Gasteiger charge is 2.35. The standard InChI is InChI=1S/C33H32F6O4/c1-2-42-25-15-12-21(27(34)31(25)38)19-7-3-17(4-8-19)18-5-9-20(10-6-18)33(41)43-26-16-13-23(29(36)32(26)39)22-11-14-24(40)30(37)28(22)35/h11-20,40H,2-10H2,1H3. The zero-order chi connectivity index (χ0) is 30.8. The number of rotatable bonds is 7. The maximum absolute atomic E-state index is 14.8. The smallest absolute Gasteiger partial charge is 0.314 e. The van der Waals surface area contributed by atoms with E-state index in [-0.39, 0.29) is 18.3 Å². The number of carbonyl (C=O) groups excluding carboxylic acids is 1. The fourth-order valence-corrected chi connectivity index (χ4v) is 6.61. The van der Waals surface area contributed by atoms with E-state index in [4.69, 9.17) is 9.47 Å². The Hall–Kier alpha value is -3.69. The van der Waals surface area contributed by atoms with Crippen LogP contribution in [0.4, 0.5) is 26.3 Å².